The summed E-state index contributed by atoms with van der Waals surface area (Å²) in [5, 5.41) is 2.47. The molecule has 2 heterocycles. The fourth-order valence-electron chi connectivity index (χ4n) is 1.59. The van der Waals surface area contributed by atoms with Crippen LogP contribution in [0.1, 0.15) is 23.0 Å². The summed E-state index contributed by atoms with van der Waals surface area (Å²) in [6.07, 6.45) is 3.65. The van der Waals surface area contributed by atoms with Crippen molar-refractivity contribution in [2.45, 2.75) is 18.4 Å². The zero-order chi connectivity index (χ0) is 14.5. The molecular formula is C13H13N3O3S. The van der Waals surface area contributed by atoms with Gasteiger partial charge in [0.25, 0.3) is 5.91 Å². The maximum Gasteiger partial charge on any atom is 0.257 e. The number of anilines is 1. The van der Waals surface area contributed by atoms with Crippen molar-refractivity contribution in [1.29, 1.82) is 0 Å². The summed E-state index contributed by atoms with van der Waals surface area (Å²) in [4.78, 5) is 19.9. The second kappa shape index (κ2) is 6.36. The number of rotatable bonds is 4. The van der Waals surface area contributed by atoms with E-state index in [4.69, 9.17) is 4.55 Å². The van der Waals surface area contributed by atoms with Crippen molar-refractivity contribution in [3.05, 3.63) is 47.9 Å². The second-order valence-corrected chi connectivity index (χ2v) is 4.84. The third-order valence-corrected chi connectivity index (χ3v) is 3.29. The normalized spacial score (nSPS) is 11.9. The molecule has 6 nitrogen and oxygen atoms in total. The Balaban J connectivity index is 2.21. The van der Waals surface area contributed by atoms with E-state index in [1.54, 1.807) is 18.2 Å². The number of hydrogen-bond acceptors (Lipinski definition) is 4. The van der Waals surface area contributed by atoms with Crippen molar-refractivity contribution in [1.82, 2.24) is 9.97 Å². The number of nitrogens with zero attached hydrogens (tertiary/aromatic N) is 2. The summed E-state index contributed by atoms with van der Waals surface area (Å²) in [5.41, 5.74) is 1.47. The van der Waals surface area contributed by atoms with Gasteiger partial charge < -0.3 is 9.87 Å². The van der Waals surface area contributed by atoms with Crippen molar-refractivity contribution in [2.75, 3.05) is 5.32 Å². The smallest absolute Gasteiger partial charge is 0.257 e. The Hall–Kier alpha value is -2.12. The number of carbonyl (C=O) groups is 1. The molecule has 0 fully saturated rings. The Morgan fingerprint density at radius 2 is 2.15 bits per heavy atom. The first-order valence-electron chi connectivity index (χ1n) is 5.94. The zero-order valence-corrected chi connectivity index (χ0v) is 11.6. The molecule has 0 spiro atoms. The SMILES string of the molecule is CCc1ccc(C(=O)Nc2cccnc2S(=O)O)cn1. The molecule has 0 saturated heterocycles. The molecule has 2 aromatic rings. The second-order valence-electron chi connectivity index (χ2n) is 3.95. The maximum absolute atomic E-state index is 12.0. The molecule has 7 heteroatoms. The lowest BCUT2D eigenvalue weighted by Crippen LogP contribution is -2.14. The standard InChI is InChI=1S/C13H13N3O3S/c1-2-10-6-5-9(8-15-10)12(17)16-11-4-3-7-14-13(11)20(18)19/h3-8H,2H2,1H3,(H,16,17)(H,18,19). The molecule has 0 bridgehead atoms. The highest BCUT2D eigenvalue weighted by molar-refractivity contribution is 7.79. The van der Waals surface area contributed by atoms with Crippen LogP contribution >= 0.6 is 0 Å². The van der Waals surface area contributed by atoms with E-state index >= 15 is 0 Å². The molecule has 1 atom stereocenters. The molecule has 1 amide bonds. The number of aromatic nitrogens is 2. The van der Waals surface area contributed by atoms with Gasteiger partial charge in [-0.05, 0) is 30.7 Å². The Labute approximate surface area is 118 Å². The summed E-state index contributed by atoms with van der Waals surface area (Å²) < 4.78 is 20.2. The Bertz CT molecular complexity index is 644. The number of carbonyl (C=O) groups excluding carboxylic acids is 1. The van der Waals surface area contributed by atoms with Crippen LogP contribution in [0.4, 0.5) is 5.69 Å². The van der Waals surface area contributed by atoms with Crippen LogP contribution in [0.25, 0.3) is 0 Å². The summed E-state index contributed by atoms with van der Waals surface area (Å²) in [5.74, 6) is -0.403. The molecule has 2 N–H and O–H groups in total. The van der Waals surface area contributed by atoms with E-state index in [0.717, 1.165) is 12.1 Å². The highest BCUT2D eigenvalue weighted by Gasteiger charge is 2.13. The minimum absolute atomic E-state index is 0.0843. The van der Waals surface area contributed by atoms with Gasteiger partial charge in [0.15, 0.2) is 5.03 Å². The van der Waals surface area contributed by atoms with E-state index in [1.165, 1.54) is 18.5 Å². The Morgan fingerprint density at radius 1 is 1.35 bits per heavy atom. The summed E-state index contributed by atoms with van der Waals surface area (Å²) >= 11 is -2.26. The van der Waals surface area contributed by atoms with Crippen LogP contribution < -0.4 is 5.32 Å². The van der Waals surface area contributed by atoms with Gasteiger partial charge in [0, 0.05) is 18.1 Å². The molecule has 0 aliphatic carbocycles. The fourth-order valence-corrected chi connectivity index (χ4v) is 2.05. The maximum atomic E-state index is 12.0. The molecule has 0 aliphatic heterocycles. The summed E-state index contributed by atoms with van der Waals surface area (Å²) in [7, 11) is 0. The van der Waals surface area contributed by atoms with Gasteiger partial charge in [0.05, 0.1) is 11.3 Å². The van der Waals surface area contributed by atoms with Gasteiger partial charge in [-0.3, -0.25) is 9.78 Å². The van der Waals surface area contributed by atoms with Crippen LogP contribution in [0.2, 0.25) is 0 Å². The van der Waals surface area contributed by atoms with E-state index in [2.05, 4.69) is 15.3 Å². The van der Waals surface area contributed by atoms with Gasteiger partial charge in [0.2, 0.25) is 11.1 Å². The van der Waals surface area contributed by atoms with Crippen LogP contribution in [0.3, 0.4) is 0 Å². The molecule has 0 radical (unpaired) electrons. The third kappa shape index (κ3) is 3.25. The molecule has 104 valence electrons. The molecule has 0 aliphatic rings. The van der Waals surface area contributed by atoms with Crippen LogP contribution in [-0.2, 0) is 17.5 Å². The first kappa shape index (κ1) is 14.3. The molecule has 2 rings (SSSR count). The highest BCUT2D eigenvalue weighted by atomic mass is 32.2. The average molecular weight is 291 g/mol. The topological polar surface area (TPSA) is 92.2 Å². The van der Waals surface area contributed by atoms with Gasteiger partial charge in [-0.1, -0.05) is 6.92 Å². The molecule has 1 unspecified atom stereocenters. The van der Waals surface area contributed by atoms with Crippen LogP contribution in [0.5, 0.6) is 0 Å². The lowest BCUT2D eigenvalue weighted by Gasteiger charge is -2.07. The quantitative estimate of drug-likeness (QED) is 0.839. The molecule has 2 aromatic heterocycles. The van der Waals surface area contributed by atoms with Gasteiger partial charge in [-0.15, -0.1) is 0 Å². The minimum Gasteiger partial charge on any atom is -0.319 e. The van der Waals surface area contributed by atoms with Crippen molar-refractivity contribution < 1.29 is 13.6 Å². The van der Waals surface area contributed by atoms with Gasteiger partial charge in [-0.2, -0.15) is 0 Å². The molecular weight excluding hydrogens is 278 g/mol. The number of nitrogens with one attached hydrogen (secondary N) is 1. The van der Waals surface area contributed by atoms with E-state index < -0.39 is 17.0 Å². The largest absolute Gasteiger partial charge is 0.319 e. The molecule has 0 aromatic carbocycles. The molecule has 20 heavy (non-hydrogen) atoms. The predicted molar refractivity (Wildman–Crippen MR) is 74.8 cm³/mol. The van der Waals surface area contributed by atoms with Crippen molar-refractivity contribution >= 4 is 22.7 Å². The van der Waals surface area contributed by atoms with Crippen molar-refractivity contribution in [3.8, 4) is 0 Å². The summed E-state index contributed by atoms with van der Waals surface area (Å²) in [6.45, 7) is 1.97. The minimum atomic E-state index is -2.26. The Kier molecular flexibility index (Phi) is 4.54. The first-order valence-corrected chi connectivity index (χ1v) is 7.04. The monoisotopic (exact) mass is 291 g/mol. The van der Waals surface area contributed by atoms with Gasteiger partial charge in [-0.25, -0.2) is 9.19 Å². The van der Waals surface area contributed by atoms with Crippen molar-refractivity contribution in [3.63, 3.8) is 0 Å². The van der Waals surface area contributed by atoms with Gasteiger partial charge in [0.1, 0.15) is 0 Å². The fraction of sp³-hybridized carbons (Fsp3) is 0.154. The van der Waals surface area contributed by atoms with Crippen LogP contribution in [0.15, 0.2) is 41.7 Å². The lowest BCUT2D eigenvalue weighted by atomic mass is 10.2. The highest BCUT2D eigenvalue weighted by Crippen LogP contribution is 2.16. The molecule has 0 saturated carbocycles. The number of pyridine rings is 2. The number of aryl methyl sites for hydroxylation is 1. The van der Waals surface area contributed by atoms with E-state index in [9.17, 15) is 9.00 Å². The average Bonchev–Trinajstić information content (AvgIpc) is 2.47. The summed E-state index contributed by atoms with van der Waals surface area (Å²) in [6, 6.07) is 6.52. The van der Waals surface area contributed by atoms with E-state index in [-0.39, 0.29) is 10.7 Å². The lowest BCUT2D eigenvalue weighted by molar-refractivity contribution is 0.102. The predicted octanol–water partition coefficient (Wildman–Crippen LogP) is 1.87. The van der Waals surface area contributed by atoms with Crippen molar-refractivity contribution in [2.24, 2.45) is 0 Å². The van der Waals surface area contributed by atoms with Crippen LogP contribution in [0, 0.1) is 0 Å². The first-order chi connectivity index (χ1) is 9.61. The Morgan fingerprint density at radius 3 is 2.75 bits per heavy atom. The third-order valence-electron chi connectivity index (χ3n) is 2.63. The number of amides is 1. The van der Waals surface area contributed by atoms with Crippen LogP contribution in [-0.4, -0.2) is 24.6 Å². The van der Waals surface area contributed by atoms with Gasteiger partial charge >= 0.3 is 0 Å². The van der Waals surface area contributed by atoms with E-state index in [1.807, 2.05) is 6.92 Å². The van der Waals surface area contributed by atoms with E-state index in [0.29, 0.717) is 5.56 Å². The number of hydrogen-bond donors (Lipinski definition) is 2. The zero-order valence-electron chi connectivity index (χ0n) is 10.7.